The van der Waals surface area contributed by atoms with Gasteiger partial charge in [0.25, 0.3) is 0 Å². The first-order chi connectivity index (χ1) is 17.0. The van der Waals surface area contributed by atoms with Gasteiger partial charge in [0.05, 0.1) is 6.61 Å². The zero-order valence-electron chi connectivity index (χ0n) is 20.0. The van der Waals surface area contributed by atoms with E-state index in [0.717, 1.165) is 40.7 Å². The lowest BCUT2D eigenvalue weighted by atomic mass is 9.92. The molecule has 2 heterocycles. The van der Waals surface area contributed by atoms with E-state index in [1.54, 1.807) is 11.2 Å². The van der Waals surface area contributed by atoms with E-state index < -0.39 is 0 Å². The normalized spacial score (nSPS) is 15.5. The second kappa shape index (κ2) is 11.4. The average Bonchev–Trinajstić information content (AvgIpc) is 3.22. The number of H-pyrrole nitrogens is 1. The van der Waals surface area contributed by atoms with Crippen molar-refractivity contribution in [2.75, 3.05) is 26.3 Å². The van der Waals surface area contributed by atoms with E-state index in [-0.39, 0.29) is 18.1 Å². The fraction of sp³-hybridized carbons (Fsp3) is 0.346. The van der Waals surface area contributed by atoms with Crippen molar-refractivity contribution in [3.8, 4) is 5.75 Å². The third-order valence-corrected chi connectivity index (χ3v) is 6.11. The number of aliphatic imine (C=N–C) groups is 1. The lowest BCUT2D eigenvalue weighted by Crippen LogP contribution is -2.83. The number of halogens is 1. The van der Waals surface area contributed by atoms with Crippen molar-refractivity contribution in [1.29, 1.82) is 5.41 Å². The van der Waals surface area contributed by atoms with Crippen LogP contribution in [0.15, 0.2) is 47.5 Å². The summed E-state index contributed by atoms with van der Waals surface area (Å²) in [5.41, 5.74) is 4.15. The highest BCUT2D eigenvalue weighted by Crippen LogP contribution is 2.39. The van der Waals surface area contributed by atoms with Gasteiger partial charge in [0.15, 0.2) is 6.34 Å². The number of amides is 1. The number of nitrogens with two attached hydrogens (primary N) is 1. The van der Waals surface area contributed by atoms with E-state index in [4.69, 9.17) is 26.5 Å². The fourth-order valence-corrected chi connectivity index (χ4v) is 4.47. The number of carbonyl (C=O) groups is 1. The van der Waals surface area contributed by atoms with Crippen molar-refractivity contribution in [3.63, 3.8) is 0 Å². The number of aromatic nitrogens is 1. The predicted octanol–water partition coefficient (Wildman–Crippen LogP) is 4.14. The Kier molecular flexibility index (Phi) is 8.05. The number of carbonyl (C=O) groups excluding carboxylic acids is 1. The van der Waals surface area contributed by atoms with E-state index in [1.807, 2.05) is 61.6 Å². The number of hydrogen-bond acceptors (Lipinski definition) is 4. The molecule has 0 fully saturated rings. The number of rotatable bonds is 9. The Morgan fingerprint density at radius 2 is 2.11 bits per heavy atom. The molecule has 8 nitrogen and oxygen atoms in total. The van der Waals surface area contributed by atoms with Crippen LogP contribution in [0.3, 0.4) is 0 Å². The van der Waals surface area contributed by atoms with Gasteiger partial charge < -0.3 is 19.8 Å². The van der Waals surface area contributed by atoms with Crippen LogP contribution in [-0.2, 0) is 11.2 Å². The lowest BCUT2D eigenvalue weighted by molar-refractivity contribution is -0.531. The summed E-state index contributed by atoms with van der Waals surface area (Å²) < 4.78 is 11.4. The van der Waals surface area contributed by atoms with Gasteiger partial charge in [0.1, 0.15) is 31.3 Å². The first kappa shape index (κ1) is 24.8. The Balaban J connectivity index is 1.59. The van der Waals surface area contributed by atoms with Crippen molar-refractivity contribution in [3.05, 3.63) is 64.3 Å². The summed E-state index contributed by atoms with van der Waals surface area (Å²) in [6, 6.07) is 13.4. The van der Waals surface area contributed by atoms with E-state index in [1.165, 1.54) is 5.56 Å². The van der Waals surface area contributed by atoms with Crippen LogP contribution >= 0.6 is 11.6 Å². The van der Waals surface area contributed by atoms with Crippen LogP contribution in [0.25, 0.3) is 10.9 Å². The van der Waals surface area contributed by atoms with Crippen LogP contribution < -0.4 is 10.1 Å². The maximum atomic E-state index is 13.1. The second-order valence-electron chi connectivity index (χ2n) is 8.89. The molecule has 4 rings (SSSR count). The Hall–Kier alpha value is -3.36. The molecule has 1 atom stereocenters. The summed E-state index contributed by atoms with van der Waals surface area (Å²) >= 11 is 6.28. The molecule has 0 saturated heterocycles. The highest BCUT2D eigenvalue weighted by Gasteiger charge is 2.35. The zero-order valence-corrected chi connectivity index (χ0v) is 20.7. The minimum Gasteiger partial charge on any atom is -0.488 e. The maximum absolute atomic E-state index is 13.1. The molecule has 0 bridgehead atoms. The monoisotopic (exact) mass is 496 g/mol. The highest BCUT2D eigenvalue weighted by molar-refractivity contribution is 6.31. The molecule has 9 heteroatoms. The second-order valence-corrected chi connectivity index (χ2v) is 9.33. The third kappa shape index (κ3) is 5.83. The van der Waals surface area contributed by atoms with Crippen LogP contribution in [-0.4, -0.2) is 55.0 Å². The van der Waals surface area contributed by atoms with Crippen molar-refractivity contribution in [1.82, 2.24) is 9.88 Å². The van der Waals surface area contributed by atoms with E-state index in [9.17, 15) is 4.79 Å². The SMILES string of the molecule is CC(C)COC(=O)N1CCc2c([nH]c3ccc(Cl)cc23)C1c1ccc(OCC[NH2+]C=NC=N)cc1. The van der Waals surface area contributed by atoms with Gasteiger partial charge >= 0.3 is 6.09 Å². The first-order valence-electron chi connectivity index (χ1n) is 11.8. The molecule has 1 aliphatic rings. The van der Waals surface area contributed by atoms with Crippen LogP contribution in [0.1, 0.15) is 36.7 Å². The van der Waals surface area contributed by atoms with Gasteiger partial charge in [0.2, 0.25) is 0 Å². The molecule has 4 N–H and O–H groups in total. The number of nitrogens with one attached hydrogen (secondary N) is 2. The average molecular weight is 497 g/mol. The summed E-state index contributed by atoms with van der Waals surface area (Å²) in [6.07, 6.45) is 2.99. The van der Waals surface area contributed by atoms with Crippen LogP contribution in [0.2, 0.25) is 5.02 Å². The van der Waals surface area contributed by atoms with Crippen molar-refractivity contribution in [2.45, 2.75) is 26.3 Å². The summed E-state index contributed by atoms with van der Waals surface area (Å²) in [5.74, 6) is 1.01. The van der Waals surface area contributed by atoms with E-state index in [2.05, 4.69) is 9.98 Å². The van der Waals surface area contributed by atoms with Gasteiger partial charge in [-0.05, 0) is 53.8 Å². The molecule has 0 radical (unpaired) electrons. The molecule has 35 heavy (non-hydrogen) atoms. The highest BCUT2D eigenvalue weighted by atomic mass is 35.5. The molecule has 1 unspecified atom stereocenters. The fourth-order valence-electron chi connectivity index (χ4n) is 4.29. The van der Waals surface area contributed by atoms with Gasteiger partial charge in [-0.1, -0.05) is 37.6 Å². The molecule has 0 aliphatic carbocycles. The summed E-state index contributed by atoms with van der Waals surface area (Å²) in [6.45, 7) is 6.19. The Morgan fingerprint density at radius 3 is 2.86 bits per heavy atom. The molecule has 3 aromatic rings. The van der Waals surface area contributed by atoms with Gasteiger partial charge in [-0.2, -0.15) is 4.99 Å². The summed E-state index contributed by atoms with van der Waals surface area (Å²) in [5, 5.41) is 10.5. The molecule has 184 valence electrons. The molecule has 1 aliphatic heterocycles. The van der Waals surface area contributed by atoms with Crippen LogP contribution in [0, 0.1) is 11.3 Å². The standard InChI is InChI=1S/C26H30ClN5O3/c1-17(2)14-35-26(33)32-11-9-21-22-13-19(27)5-8-23(22)31-24(21)25(32)18-3-6-20(7-4-18)34-12-10-29-16-30-15-28/h3-8,13,15-17,25,31H,9-12,14H2,1-2H3,(H2,28,29,30)/p+1. The number of fused-ring (bicyclic) bond motifs is 3. The van der Waals surface area contributed by atoms with Crippen molar-refractivity contribution >= 4 is 41.3 Å². The number of nitrogens with zero attached hydrogens (tertiary/aromatic N) is 2. The van der Waals surface area contributed by atoms with Gasteiger partial charge in [-0.25, -0.2) is 4.79 Å². The van der Waals surface area contributed by atoms with E-state index >= 15 is 0 Å². The van der Waals surface area contributed by atoms with E-state index in [0.29, 0.717) is 31.3 Å². The predicted molar refractivity (Wildman–Crippen MR) is 138 cm³/mol. The molecule has 0 spiro atoms. The van der Waals surface area contributed by atoms with Gasteiger partial charge in [-0.3, -0.25) is 10.3 Å². The molecular formula is C26H31ClN5O3+. The quantitative estimate of drug-likeness (QED) is 0.235. The Labute approximate surface area is 209 Å². The molecular weight excluding hydrogens is 466 g/mol. The number of benzene rings is 2. The topological polar surface area (TPSA) is 107 Å². The maximum Gasteiger partial charge on any atom is 0.410 e. The number of ether oxygens (including phenoxy) is 2. The van der Waals surface area contributed by atoms with Crippen molar-refractivity contribution < 1.29 is 19.6 Å². The van der Waals surface area contributed by atoms with Crippen LogP contribution in [0.5, 0.6) is 5.75 Å². The molecule has 1 aromatic heterocycles. The smallest absolute Gasteiger partial charge is 0.410 e. The van der Waals surface area contributed by atoms with Crippen LogP contribution in [0.4, 0.5) is 4.79 Å². The largest absolute Gasteiger partial charge is 0.488 e. The molecule has 2 aromatic carbocycles. The van der Waals surface area contributed by atoms with Gasteiger partial charge in [-0.15, -0.1) is 0 Å². The summed E-state index contributed by atoms with van der Waals surface area (Å²) in [4.78, 5) is 22.2. The van der Waals surface area contributed by atoms with Gasteiger partial charge in [0, 0.05) is 28.2 Å². The Morgan fingerprint density at radius 1 is 1.31 bits per heavy atom. The lowest BCUT2D eigenvalue weighted by Gasteiger charge is -2.35. The minimum atomic E-state index is -0.312. The number of aromatic amines is 1. The third-order valence-electron chi connectivity index (χ3n) is 5.88. The zero-order chi connectivity index (χ0) is 24.8. The first-order valence-corrected chi connectivity index (χ1v) is 12.2. The summed E-state index contributed by atoms with van der Waals surface area (Å²) in [7, 11) is 0. The number of hydrogen-bond donors (Lipinski definition) is 3. The van der Waals surface area contributed by atoms with Crippen molar-refractivity contribution in [2.24, 2.45) is 10.9 Å². The number of quaternary nitrogens is 1. The molecule has 1 amide bonds. The molecule has 0 saturated carbocycles. The Bertz CT molecular complexity index is 1210. The minimum absolute atomic E-state index is 0.262.